The Kier molecular flexibility index (Phi) is 5.92. The van der Waals surface area contributed by atoms with Crippen LogP contribution in [0.15, 0.2) is 60.8 Å². The van der Waals surface area contributed by atoms with Gasteiger partial charge in [-0.25, -0.2) is 0 Å². The van der Waals surface area contributed by atoms with E-state index in [2.05, 4.69) is 10.4 Å². The molecule has 0 bridgehead atoms. The number of hydrogen-bond acceptors (Lipinski definition) is 3. The molecule has 0 saturated heterocycles. The summed E-state index contributed by atoms with van der Waals surface area (Å²) in [5.41, 5.74) is 2.50. The number of halogens is 1. The summed E-state index contributed by atoms with van der Waals surface area (Å²) in [6.45, 7) is 3.61. The van der Waals surface area contributed by atoms with Gasteiger partial charge in [0.25, 0.3) is 5.91 Å². The van der Waals surface area contributed by atoms with E-state index in [-0.39, 0.29) is 5.91 Å². The molecule has 6 heteroatoms. The molecule has 0 aliphatic heterocycles. The maximum absolute atomic E-state index is 12.4. The lowest BCUT2D eigenvalue weighted by Gasteiger charge is -2.09. The van der Waals surface area contributed by atoms with Gasteiger partial charge >= 0.3 is 0 Å². The molecule has 1 heterocycles. The molecular formula is C20H20ClN3O2. The third-order valence-corrected chi connectivity index (χ3v) is 4.19. The van der Waals surface area contributed by atoms with Crippen LogP contribution in [0.25, 0.3) is 0 Å². The van der Waals surface area contributed by atoms with Gasteiger partial charge in [0.15, 0.2) is 0 Å². The lowest BCUT2D eigenvalue weighted by atomic mass is 10.1. The summed E-state index contributed by atoms with van der Waals surface area (Å²) in [4.78, 5) is 12.4. The standard InChI is InChI=1S/C20H20ClN3O2/c1-2-24-18(10-11-23-24)13-22-20(25)16-5-3-4-15(12-16)14-26-19-8-6-17(21)7-9-19/h3-12H,2,13-14H2,1H3,(H,22,25). The smallest absolute Gasteiger partial charge is 0.251 e. The number of carbonyl (C=O) groups is 1. The molecular weight excluding hydrogens is 350 g/mol. The molecule has 0 atom stereocenters. The Balaban J connectivity index is 1.59. The molecule has 26 heavy (non-hydrogen) atoms. The molecule has 5 nitrogen and oxygen atoms in total. The molecule has 0 spiro atoms. The van der Waals surface area contributed by atoms with Gasteiger partial charge < -0.3 is 10.1 Å². The lowest BCUT2D eigenvalue weighted by molar-refractivity contribution is 0.0949. The van der Waals surface area contributed by atoms with E-state index in [1.54, 1.807) is 24.4 Å². The number of hydrogen-bond donors (Lipinski definition) is 1. The third kappa shape index (κ3) is 4.64. The predicted octanol–water partition coefficient (Wildman–Crippen LogP) is 4.07. The molecule has 3 aromatic rings. The van der Waals surface area contributed by atoms with Crippen molar-refractivity contribution in [3.63, 3.8) is 0 Å². The van der Waals surface area contributed by atoms with Gasteiger partial charge in [-0.3, -0.25) is 9.48 Å². The summed E-state index contributed by atoms with van der Waals surface area (Å²) in [5.74, 6) is 0.610. The fourth-order valence-electron chi connectivity index (χ4n) is 2.57. The second-order valence-corrected chi connectivity index (χ2v) is 6.20. The number of benzene rings is 2. The monoisotopic (exact) mass is 369 g/mol. The van der Waals surface area contributed by atoms with Crippen molar-refractivity contribution in [2.45, 2.75) is 26.6 Å². The molecule has 3 rings (SSSR count). The fraction of sp³-hybridized carbons (Fsp3) is 0.200. The summed E-state index contributed by atoms with van der Waals surface area (Å²) >= 11 is 5.86. The van der Waals surface area contributed by atoms with E-state index < -0.39 is 0 Å². The van der Waals surface area contributed by atoms with Crippen molar-refractivity contribution >= 4 is 17.5 Å². The van der Waals surface area contributed by atoms with Crippen LogP contribution >= 0.6 is 11.6 Å². The Morgan fingerprint density at radius 3 is 2.77 bits per heavy atom. The van der Waals surface area contributed by atoms with Crippen LogP contribution in [-0.2, 0) is 19.7 Å². The number of carbonyl (C=O) groups excluding carboxylic acids is 1. The molecule has 1 amide bonds. The first-order valence-electron chi connectivity index (χ1n) is 8.42. The molecule has 0 radical (unpaired) electrons. The molecule has 1 aromatic heterocycles. The van der Waals surface area contributed by atoms with Gasteiger partial charge in [0.1, 0.15) is 12.4 Å². The van der Waals surface area contributed by atoms with Crippen LogP contribution in [0, 0.1) is 0 Å². The second kappa shape index (κ2) is 8.54. The van der Waals surface area contributed by atoms with Crippen LogP contribution in [0.1, 0.15) is 28.5 Å². The van der Waals surface area contributed by atoms with Crippen LogP contribution < -0.4 is 10.1 Å². The van der Waals surface area contributed by atoms with Crippen molar-refractivity contribution in [3.8, 4) is 5.75 Å². The van der Waals surface area contributed by atoms with Gasteiger partial charge in [-0.2, -0.15) is 5.10 Å². The van der Waals surface area contributed by atoms with E-state index in [9.17, 15) is 4.79 Å². The van der Waals surface area contributed by atoms with Crippen molar-refractivity contribution in [2.24, 2.45) is 0 Å². The number of amides is 1. The lowest BCUT2D eigenvalue weighted by Crippen LogP contribution is -2.24. The van der Waals surface area contributed by atoms with Crippen molar-refractivity contribution in [1.29, 1.82) is 0 Å². The van der Waals surface area contributed by atoms with Crippen molar-refractivity contribution in [1.82, 2.24) is 15.1 Å². The average molecular weight is 370 g/mol. The minimum atomic E-state index is -0.123. The van der Waals surface area contributed by atoms with Crippen LogP contribution in [0.4, 0.5) is 0 Å². The first-order chi connectivity index (χ1) is 12.7. The Labute approximate surface area is 157 Å². The zero-order valence-electron chi connectivity index (χ0n) is 14.5. The minimum absolute atomic E-state index is 0.123. The second-order valence-electron chi connectivity index (χ2n) is 5.76. The average Bonchev–Trinajstić information content (AvgIpc) is 3.13. The molecule has 134 valence electrons. The first-order valence-corrected chi connectivity index (χ1v) is 8.79. The van der Waals surface area contributed by atoms with Gasteiger partial charge in [-0.05, 0) is 55.0 Å². The largest absolute Gasteiger partial charge is 0.489 e. The molecule has 0 saturated carbocycles. The third-order valence-electron chi connectivity index (χ3n) is 3.94. The number of rotatable bonds is 7. The van der Waals surface area contributed by atoms with Crippen molar-refractivity contribution < 1.29 is 9.53 Å². The summed E-state index contributed by atoms with van der Waals surface area (Å²) < 4.78 is 7.59. The van der Waals surface area contributed by atoms with Crippen molar-refractivity contribution in [3.05, 3.63) is 82.6 Å². The predicted molar refractivity (Wildman–Crippen MR) is 101 cm³/mol. The topological polar surface area (TPSA) is 56.2 Å². The number of ether oxygens (including phenoxy) is 1. The highest BCUT2D eigenvalue weighted by molar-refractivity contribution is 6.30. The highest BCUT2D eigenvalue weighted by Crippen LogP contribution is 2.17. The van der Waals surface area contributed by atoms with E-state index in [0.29, 0.717) is 23.7 Å². The van der Waals surface area contributed by atoms with Crippen LogP contribution in [0.2, 0.25) is 5.02 Å². The Bertz CT molecular complexity index is 875. The van der Waals surface area contributed by atoms with Crippen LogP contribution in [0.3, 0.4) is 0 Å². The highest BCUT2D eigenvalue weighted by Gasteiger charge is 2.08. The van der Waals surface area contributed by atoms with Crippen LogP contribution in [-0.4, -0.2) is 15.7 Å². The minimum Gasteiger partial charge on any atom is -0.489 e. The van der Waals surface area contributed by atoms with E-state index in [0.717, 1.165) is 23.6 Å². The van der Waals surface area contributed by atoms with Crippen molar-refractivity contribution in [2.75, 3.05) is 0 Å². The molecule has 2 aromatic carbocycles. The van der Waals surface area contributed by atoms with Gasteiger partial charge in [0, 0.05) is 23.3 Å². The van der Waals surface area contributed by atoms with Gasteiger partial charge in [0.2, 0.25) is 0 Å². The Morgan fingerprint density at radius 1 is 1.19 bits per heavy atom. The highest BCUT2D eigenvalue weighted by atomic mass is 35.5. The van der Waals surface area contributed by atoms with E-state index in [4.69, 9.17) is 16.3 Å². The molecule has 0 aliphatic carbocycles. The fourth-order valence-corrected chi connectivity index (χ4v) is 2.69. The summed E-state index contributed by atoms with van der Waals surface area (Å²) in [6.07, 6.45) is 1.74. The quantitative estimate of drug-likeness (QED) is 0.683. The van der Waals surface area contributed by atoms with Gasteiger partial charge in [-0.1, -0.05) is 23.7 Å². The van der Waals surface area contributed by atoms with Crippen LogP contribution in [0.5, 0.6) is 5.75 Å². The zero-order valence-corrected chi connectivity index (χ0v) is 15.2. The van der Waals surface area contributed by atoms with E-state index in [1.165, 1.54) is 0 Å². The molecule has 1 N–H and O–H groups in total. The zero-order chi connectivity index (χ0) is 18.4. The molecule has 0 aliphatic rings. The number of aromatic nitrogens is 2. The maximum Gasteiger partial charge on any atom is 0.251 e. The van der Waals surface area contributed by atoms with E-state index in [1.807, 2.05) is 48.0 Å². The Morgan fingerprint density at radius 2 is 2.00 bits per heavy atom. The van der Waals surface area contributed by atoms with Gasteiger partial charge in [-0.15, -0.1) is 0 Å². The SMILES string of the molecule is CCn1nccc1CNC(=O)c1cccc(COc2ccc(Cl)cc2)c1. The number of aryl methyl sites for hydroxylation is 1. The number of nitrogens with one attached hydrogen (secondary N) is 1. The summed E-state index contributed by atoms with van der Waals surface area (Å²) in [6, 6.07) is 16.5. The Hall–Kier alpha value is -2.79. The summed E-state index contributed by atoms with van der Waals surface area (Å²) in [5, 5.41) is 7.79. The molecule has 0 fully saturated rings. The number of nitrogens with zero attached hydrogens (tertiary/aromatic N) is 2. The first kappa shape index (κ1) is 18.0. The van der Waals surface area contributed by atoms with Gasteiger partial charge in [0.05, 0.1) is 12.2 Å². The normalized spacial score (nSPS) is 10.5. The molecule has 0 unspecified atom stereocenters. The van der Waals surface area contributed by atoms with E-state index >= 15 is 0 Å². The summed E-state index contributed by atoms with van der Waals surface area (Å²) in [7, 11) is 0. The maximum atomic E-state index is 12.4.